The first kappa shape index (κ1) is 21.6. The van der Waals surface area contributed by atoms with Crippen LogP contribution < -0.4 is 5.32 Å². The first-order chi connectivity index (χ1) is 14.4. The molecule has 2 N–H and O–H groups in total. The fraction of sp³-hybridized carbons (Fsp3) is 0.318. The number of nitrogens with one attached hydrogen (secondary N) is 1. The Balaban J connectivity index is 1.59. The third kappa shape index (κ3) is 5.73. The van der Waals surface area contributed by atoms with Gasteiger partial charge in [-0.15, -0.1) is 0 Å². The van der Waals surface area contributed by atoms with Gasteiger partial charge in [-0.05, 0) is 36.1 Å². The van der Waals surface area contributed by atoms with Gasteiger partial charge in [-0.2, -0.15) is 0 Å². The lowest BCUT2D eigenvalue weighted by Gasteiger charge is -2.25. The minimum atomic E-state index is -1.14. The smallest absolute Gasteiger partial charge is 0.410 e. The summed E-state index contributed by atoms with van der Waals surface area (Å²) in [5.74, 6) is -1.64. The summed E-state index contributed by atoms with van der Waals surface area (Å²) in [5.41, 5.74) is 1.58. The Labute approximate surface area is 179 Å². The molecule has 1 aliphatic heterocycles. The normalized spacial score (nSPS) is 16.7. The van der Waals surface area contributed by atoms with Crippen LogP contribution in [-0.4, -0.2) is 46.6 Å². The maximum atomic E-state index is 12.7. The van der Waals surface area contributed by atoms with E-state index in [-0.39, 0.29) is 13.0 Å². The number of hydrogen-bond donors (Lipinski definition) is 2. The molecule has 3 rings (SSSR count). The van der Waals surface area contributed by atoms with Gasteiger partial charge >= 0.3 is 12.1 Å². The number of rotatable bonds is 7. The van der Waals surface area contributed by atoms with Crippen LogP contribution >= 0.6 is 11.6 Å². The van der Waals surface area contributed by atoms with Gasteiger partial charge < -0.3 is 15.2 Å². The number of carbonyl (C=O) groups is 3. The Morgan fingerprint density at radius 3 is 2.47 bits per heavy atom. The summed E-state index contributed by atoms with van der Waals surface area (Å²) < 4.78 is 5.33. The topological polar surface area (TPSA) is 95.9 Å². The molecule has 0 saturated carbocycles. The number of carboxylic acid groups (broad SMARTS) is 1. The van der Waals surface area contributed by atoms with Crippen molar-refractivity contribution in [1.82, 2.24) is 10.2 Å². The largest absolute Gasteiger partial charge is 0.480 e. The van der Waals surface area contributed by atoms with E-state index in [4.69, 9.17) is 16.3 Å². The van der Waals surface area contributed by atoms with Crippen molar-refractivity contribution in [1.29, 1.82) is 0 Å². The van der Waals surface area contributed by atoms with Crippen LogP contribution in [0.25, 0.3) is 0 Å². The number of aliphatic carboxylic acids is 1. The number of amides is 2. The van der Waals surface area contributed by atoms with Crippen LogP contribution in [0.3, 0.4) is 0 Å². The molecule has 2 amide bonds. The Hall–Kier alpha value is -3.06. The number of ether oxygens (including phenoxy) is 1. The predicted molar refractivity (Wildman–Crippen MR) is 111 cm³/mol. The molecular formula is C22H23ClN2O5. The van der Waals surface area contributed by atoms with Crippen molar-refractivity contribution in [2.45, 2.75) is 38.0 Å². The maximum absolute atomic E-state index is 12.7. The molecule has 1 aliphatic rings. The molecule has 0 aliphatic carbocycles. The molecule has 158 valence electrons. The molecule has 1 saturated heterocycles. The molecule has 0 spiro atoms. The van der Waals surface area contributed by atoms with Crippen LogP contribution in [0.2, 0.25) is 5.02 Å². The SMILES string of the molecule is O=C(O)[C@H](Cc1ccc(Cl)cc1)NC(=O)[C@H]1CCCN1C(=O)OCc1ccccc1. The van der Waals surface area contributed by atoms with Crippen molar-refractivity contribution < 1.29 is 24.2 Å². The first-order valence-electron chi connectivity index (χ1n) is 9.69. The van der Waals surface area contributed by atoms with E-state index in [1.165, 1.54) is 4.90 Å². The second-order valence-electron chi connectivity index (χ2n) is 7.12. The van der Waals surface area contributed by atoms with E-state index in [1.54, 1.807) is 24.3 Å². The Morgan fingerprint density at radius 2 is 1.80 bits per heavy atom. The van der Waals surface area contributed by atoms with E-state index < -0.39 is 30.1 Å². The van der Waals surface area contributed by atoms with Crippen LogP contribution in [-0.2, 0) is 27.4 Å². The van der Waals surface area contributed by atoms with Gasteiger partial charge in [-0.25, -0.2) is 9.59 Å². The lowest BCUT2D eigenvalue weighted by molar-refractivity contribution is -0.142. The molecule has 30 heavy (non-hydrogen) atoms. The van der Waals surface area contributed by atoms with Crippen LogP contribution in [0.15, 0.2) is 54.6 Å². The van der Waals surface area contributed by atoms with E-state index in [9.17, 15) is 19.5 Å². The average Bonchev–Trinajstić information content (AvgIpc) is 3.24. The summed E-state index contributed by atoms with van der Waals surface area (Å²) in [6.07, 6.45) is 0.636. The second-order valence-corrected chi connectivity index (χ2v) is 7.56. The minimum Gasteiger partial charge on any atom is -0.480 e. The van der Waals surface area contributed by atoms with Gasteiger partial charge in [-0.3, -0.25) is 9.69 Å². The molecule has 2 aromatic carbocycles. The van der Waals surface area contributed by atoms with Gasteiger partial charge in [0.1, 0.15) is 18.7 Å². The standard InChI is InChI=1S/C22H23ClN2O5/c23-17-10-8-15(9-11-17)13-18(21(27)28)24-20(26)19-7-4-12-25(19)22(29)30-14-16-5-2-1-3-6-16/h1-3,5-6,8-11,18-19H,4,7,12-14H2,(H,24,26)(H,27,28)/t18-,19+/m0/s1. The highest BCUT2D eigenvalue weighted by atomic mass is 35.5. The molecule has 0 bridgehead atoms. The summed E-state index contributed by atoms with van der Waals surface area (Å²) >= 11 is 5.86. The highest BCUT2D eigenvalue weighted by Crippen LogP contribution is 2.20. The Morgan fingerprint density at radius 1 is 1.10 bits per heavy atom. The molecule has 1 fully saturated rings. The quantitative estimate of drug-likeness (QED) is 0.702. The van der Waals surface area contributed by atoms with Crippen LogP contribution in [0.1, 0.15) is 24.0 Å². The number of benzene rings is 2. The van der Waals surface area contributed by atoms with Crippen molar-refractivity contribution in [2.75, 3.05) is 6.54 Å². The van der Waals surface area contributed by atoms with E-state index in [2.05, 4.69) is 5.32 Å². The average molecular weight is 431 g/mol. The van der Waals surface area contributed by atoms with Crippen molar-refractivity contribution in [3.8, 4) is 0 Å². The summed E-state index contributed by atoms with van der Waals surface area (Å²) in [4.78, 5) is 38.2. The van der Waals surface area contributed by atoms with Gasteiger partial charge in [0.2, 0.25) is 5.91 Å². The molecule has 2 aromatic rings. The van der Waals surface area contributed by atoms with E-state index >= 15 is 0 Å². The van der Waals surface area contributed by atoms with Gasteiger partial charge in [0.25, 0.3) is 0 Å². The highest BCUT2D eigenvalue weighted by Gasteiger charge is 2.36. The molecule has 1 heterocycles. The van der Waals surface area contributed by atoms with Crippen molar-refractivity contribution in [2.24, 2.45) is 0 Å². The zero-order chi connectivity index (χ0) is 21.5. The molecular weight excluding hydrogens is 408 g/mol. The van der Waals surface area contributed by atoms with E-state index in [0.29, 0.717) is 24.4 Å². The van der Waals surface area contributed by atoms with E-state index in [0.717, 1.165) is 11.1 Å². The molecule has 8 heteroatoms. The second kappa shape index (κ2) is 10.1. The van der Waals surface area contributed by atoms with Crippen LogP contribution in [0.4, 0.5) is 4.79 Å². The number of likely N-dealkylation sites (tertiary alicyclic amines) is 1. The Bertz CT molecular complexity index is 888. The van der Waals surface area contributed by atoms with Gasteiger partial charge in [0.05, 0.1) is 0 Å². The first-order valence-corrected chi connectivity index (χ1v) is 10.1. The lowest BCUT2D eigenvalue weighted by atomic mass is 10.1. The summed E-state index contributed by atoms with van der Waals surface area (Å²) in [6.45, 7) is 0.499. The number of carbonyl (C=O) groups excluding carboxylic acids is 2. The zero-order valence-electron chi connectivity index (χ0n) is 16.3. The zero-order valence-corrected chi connectivity index (χ0v) is 17.0. The minimum absolute atomic E-state index is 0.110. The van der Waals surface area contributed by atoms with E-state index in [1.807, 2.05) is 30.3 Å². The summed E-state index contributed by atoms with van der Waals surface area (Å²) in [7, 11) is 0. The van der Waals surface area contributed by atoms with Crippen LogP contribution in [0, 0.1) is 0 Å². The number of carboxylic acids is 1. The number of hydrogen-bond acceptors (Lipinski definition) is 4. The van der Waals surface area contributed by atoms with Gasteiger partial charge in [-0.1, -0.05) is 54.1 Å². The molecule has 0 aromatic heterocycles. The molecule has 2 atom stereocenters. The number of nitrogens with zero attached hydrogens (tertiary/aromatic N) is 1. The monoisotopic (exact) mass is 430 g/mol. The maximum Gasteiger partial charge on any atom is 0.410 e. The summed E-state index contributed by atoms with van der Waals surface area (Å²) in [5, 5.41) is 12.6. The fourth-order valence-electron chi connectivity index (χ4n) is 3.38. The molecule has 0 radical (unpaired) electrons. The molecule has 7 nitrogen and oxygen atoms in total. The number of halogens is 1. The fourth-order valence-corrected chi connectivity index (χ4v) is 3.51. The van der Waals surface area contributed by atoms with Gasteiger partial charge in [0, 0.05) is 18.0 Å². The summed E-state index contributed by atoms with van der Waals surface area (Å²) in [6, 6.07) is 14.2. The molecule has 0 unspecified atom stereocenters. The third-order valence-electron chi connectivity index (χ3n) is 4.96. The lowest BCUT2D eigenvalue weighted by Crippen LogP contribution is -2.51. The van der Waals surface area contributed by atoms with Crippen LogP contribution in [0.5, 0.6) is 0 Å². The van der Waals surface area contributed by atoms with Gasteiger partial charge in [0.15, 0.2) is 0 Å². The van der Waals surface area contributed by atoms with Crippen molar-refractivity contribution >= 4 is 29.6 Å². The predicted octanol–water partition coefficient (Wildman–Crippen LogP) is 3.25. The third-order valence-corrected chi connectivity index (χ3v) is 5.21. The highest BCUT2D eigenvalue weighted by molar-refractivity contribution is 6.30. The Kier molecular flexibility index (Phi) is 7.30. The van der Waals surface area contributed by atoms with Crippen molar-refractivity contribution in [3.05, 3.63) is 70.7 Å². The van der Waals surface area contributed by atoms with Crippen molar-refractivity contribution in [3.63, 3.8) is 0 Å².